The molecule has 2 rings (SSSR count). The number of amides is 1. The Morgan fingerprint density at radius 2 is 2.10 bits per heavy atom. The third-order valence-electron chi connectivity index (χ3n) is 2.76. The largest absolute Gasteiger partial charge is 0.355 e. The molecule has 0 unspecified atom stereocenters. The average molecular weight is 289 g/mol. The first-order valence-electron chi connectivity index (χ1n) is 6.77. The molecular weight excluding hydrogens is 270 g/mol. The summed E-state index contributed by atoms with van der Waals surface area (Å²) in [6.45, 7) is 3.72. The van der Waals surface area contributed by atoms with Crippen LogP contribution in [-0.4, -0.2) is 24.0 Å². The van der Waals surface area contributed by atoms with Gasteiger partial charge >= 0.3 is 0 Å². The van der Waals surface area contributed by atoms with Gasteiger partial charge in [-0.25, -0.2) is 4.98 Å². The Bertz CT molecular complexity index is 539. The molecule has 0 spiro atoms. The molecule has 0 aliphatic rings. The molecule has 0 saturated carbocycles. The number of thiazole rings is 1. The predicted molar refractivity (Wildman–Crippen MR) is 82.6 cm³/mol. The third kappa shape index (κ3) is 4.43. The normalized spacial score (nSPS) is 10.4. The van der Waals surface area contributed by atoms with E-state index >= 15 is 0 Å². The summed E-state index contributed by atoms with van der Waals surface area (Å²) in [6.07, 6.45) is 0.957. The van der Waals surface area contributed by atoms with Crippen LogP contribution in [0.5, 0.6) is 0 Å². The molecule has 0 atom stereocenters. The van der Waals surface area contributed by atoms with Gasteiger partial charge in [-0.15, -0.1) is 11.3 Å². The minimum absolute atomic E-state index is 0.0340. The summed E-state index contributed by atoms with van der Waals surface area (Å²) in [6, 6.07) is 10.1. The summed E-state index contributed by atoms with van der Waals surface area (Å²) in [5.74, 6) is 0.0340. The molecule has 20 heavy (non-hydrogen) atoms. The number of hydrogen-bond acceptors (Lipinski definition) is 4. The van der Waals surface area contributed by atoms with Crippen LogP contribution >= 0.6 is 11.3 Å². The van der Waals surface area contributed by atoms with E-state index in [1.165, 1.54) is 0 Å². The van der Waals surface area contributed by atoms with Gasteiger partial charge in [-0.3, -0.25) is 4.79 Å². The van der Waals surface area contributed by atoms with E-state index in [4.69, 9.17) is 0 Å². The van der Waals surface area contributed by atoms with Gasteiger partial charge < -0.3 is 10.6 Å². The van der Waals surface area contributed by atoms with Crippen LogP contribution in [0.4, 0.5) is 0 Å². The van der Waals surface area contributed by atoms with Gasteiger partial charge in [0.15, 0.2) is 0 Å². The maximum Gasteiger partial charge on any atom is 0.233 e. The summed E-state index contributed by atoms with van der Waals surface area (Å²) < 4.78 is 0. The Labute approximate surface area is 123 Å². The molecule has 0 aliphatic heterocycles. The van der Waals surface area contributed by atoms with Crippen LogP contribution in [0.3, 0.4) is 0 Å². The van der Waals surface area contributed by atoms with Gasteiger partial charge in [0.1, 0.15) is 5.01 Å². The monoisotopic (exact) mass is 289 g/mol. The second-order valence-electron chi connectivity index (χ2n) is 4.45. The topological polar surface area (TPSA) is 54.0 Å². The molecule has 0 aliphatic carbocycles. The smallest absolute Gasteiger partial charge is 0.233 e. The number of hydrogen-bond donors (Lipinski definition) is 2. The van der Waals surface area contributed by atoms with Crippen LogP contribution in [-0.2, 0) is 11.3 Å². The van der Waals surface area contributed by atoms with Gasteiger partial charge in [0, 0.05) is 24.0 Å². The molecule has 0 saturated heterocycles. The van der Waals surface area contributed by atoms with Crippen LogP contribution in [0.15, 0.2) is 35.7 Å². The highest BCUT2D eigenvalue weighted by molar-refractivity contribution is 7.09. The number of nitrogens with one attached hydrogen (secondary N) is 2. The van der Waals surface area contributed by atoms with Crippen molar-refractivity contribution in [1.29, 1.82) is 0 Å². The zero-order valence-corrected chi connectivity index (χ0v) is 12.4. The Morgan fingerprint density at radius 3 is 2.85 bits per heavy atom. The molecule has 106 valence electrons. The second kappa shape index (κ2) is 7.77. The molecule has 1 aromatic carbocycles. The van der Waals surface area contributed by atoms with Crippen molar-refractivity contribution in [2.24, 2.45) is 0 Å². The van der Waals surface area contributed by atoms with E-state index in [1.807, 2.05) is 42.6 Å². The van der Waals surface area contributed by atoms with Crippen molar-refractivity contribution in [2.75, 3.05) is 13.1 Å². The highest BCUT2D eigenvalue weighted by Gasteiger charge is 2.05. The molecule has 2 N–H and O–H groups in total. The quantitative estimate of drug-likeness (QED) is 0.823. The minimum Gasteiger partial charge on any atom is -0.355 e. The molecule has 0 fully saturated rings. The zero-order chi connectivity index (χ0) is 14.2. The predicted octanol–water partition coefficient (Wildman–Crippen LogP) is 2.43. The second-order valence-corrected chi connectivity index (χ2v) is 5.39. The zero-order valence-electron chi connectivity index (χ0n) is 11.6. The van der Waals surface area contributed by atoms with Gasteiger partial charge in [0.2, 0.25) is 5.91 Å². The van der Waals surface area contributed by atoms with Crippen molar-refractivity contribution < 1.29 is 4.79 Å². The number of carbonyl (C=O) groups is 1. The van der Waals surface area contributed by atoms with Gasteiger partial charge in [-0.2, -0.15) is 0 Å². The maximum absolute atomic E-state index is 11.4. The lowest BCUT2D eigenvalue weighted by molar-refractivity contribution is -0.120. The van der Waals surface area contributed by atoms with E-state index in [1.54, 1.807) is 11.3 Å². The van der Waals surface area contributed by atoms with Crippen LogP contribution in [0.2, 0.25) is 0 Å². The van der Waals surface area contributed by atoms with E-state index in [0.717, 1.165) is 29.2 Å². The Hall–Kier alpha value is -1.72. The first kappa shape index (κ1) is 14.7. The summed E-state index contributed by atoms with van der Waals surface area (Å²) in [4.78, 5) is 16.0. The molecule has 4 nitrogen and oxygen atoms in total. The van der Waals surface area contributed by atoms with Gasteiger partial charge in [0.25, 0.3) is 0 Å². The van der Waals surface area contributed by atoms with Crippen molar-refractivity contribution in [3.05, 3.63) is 40.7 Å². The fourth-order valence-electron chi connectivity index (χ4n) is 1.74. The Kier molecular flexibility index (Phi) is 5.70. The third-order valence-corrected chi connectivity index (χ3v) is 3.60. The lowest BCUT2D eigenvalue weighted by Gasteiger charge is -2.03. The van der Waals surface area contributed by atoms with Gasteiger partial charge in [-0.1, -0.05) is 37.3 Å². The summed E-state index contributed by atoms with van der Waals surface area (Å²) in [5.41, 5.74) is 2.11. The standard InChI is InChI=1S/C15H19N3OS/c1-2-8-17-14(19)9-16-10-15-18-13(11-20-15)12-6-4-3-5-7-12/h3-7,11,16H,2,8-10H2,1H3,(H,17,19). The number of nitrogens with zero attached hydrogens (tertiary/aromatic N) is 1. The van der Waals surface area contributed by atoms with Crippen molar-refractivity contribution in [1.82, 2.24) is 15.6 Å². The molecule has 1 amide bonds. The molecule has 0 bridgehead atoms. The Morgan fingerprint density at radius 1 is 1.30 bits per heavy atom. The Balaban J connectivity index is 1.80. The molecule has 1 heterocycles. The van der Waals surface area contributed by atoms with E-state index in [0.29, 0.717) is 13.1 Å². The first-order chi connectivity index (χ1) is 9.79. The molecule has 5 heteroatoms. The van der Waals surface area contributed by atoms with Crippen molar-refractivity contribution >= 4 is 17.2 Å². The first-order valence-corrected chi connectivity index (χ1v) is 7.65. The van der Waals surface area contributed by atoms with Crippen molar-refractivity contribution in [3.8, 4) is 11.3 Å². The molecule has 2 aromatic rings. The van der Waals surface area contributed by atoms with Crippen LogP contribution in [0.25, 0.3) is 11.3 Å². The van der Waals surface area contributed by atoms with Crippen LogP contribution in [0.1, 0.15) is 18.4 Å². The van der Waals surface area contributed by atoms with E-state index in [-0.39, 0.29) is 5.91 Å². The van der Waals surface area contributed by atoms with Gasteiger partial charge in [0.05, 0.1) is 12.2 Å². The van der Waals surface area contributed by atoms with E-state index in [2.05, 4.69) is 15.6 Å². The average Bonchev–Trinajstić information content (AvgIpc) is 2.95. The molecule has 1 aromatic heterocycles. The maximum atomic E-state index is 11.4. The van der Waals surface area contributed by atoms with Crippen LogP contribution < -0.4 is 10.6 Å². The minimum atomic E-state index is 0.0340. The van der Waals surface area contributed by atoms with E-state index in [9.17, 15) is 4.79 Å². The van der Waals surface area contributed by atoms with Crippen molar-refractivity contribution in [3.63, 3.8) is 0 Å². The summed E-state index contributed by atoms with van der Waals surface area (Å²) >= 11 is 1.61. The van der Waals surface area contributed by atoms with Crippen LogP contribution in [0, 0.1) is 0 Å². The van der Waals surface area contributed by atoms with Crippen molar-refractivity contribution in [2.45, 2.75) is 19.9 Å². The van der Waals surface area contributed by atoms with Gasteiger partial charge in [-0.05, 0) is 6.42 Å². The fourth-order valence-corrected chi connectivity index (χ4v) is 2.52. The lowest BCUT2D eigenvalue weighted by Crippen LogP contribution is -2.33. The summed E-state index contributed by atoms with van der Waals surface area (Å²) in [5, 5.41) is 8.98. The fraction of sp³-hybridized carbons (Fsp3) is 0.333. The highest BCUT2D eigenvalue weighted by Crippen LogP contribution is 2.21. The highest BCUT2D eigenvalue weighted by atomic mass is 32.1. The lowest BCUT2D eigenvalue weighted by atomic mass is 10.2. The number of aromatic nitrogens is 1. The number of rotatable bonds is 7. The van der Waals surface area contributed by atoms with E-state index < -0.39 is 0 Å². The number of carbonyl (C=O) groups excluding carboxylic acids is 1. The SMILES string of the molecule is CCCNC(=O)CNCc1nc(-c2ccccc2)cs1. The summed E-state index contributed by atoms with van der Waals surface area (Å²) in [7, 11) is 0. The number of benzene rings is 1. The molecule has 0 radical (unpaired) electrons. The molecular formula is C15H19N3OS.